The summed E-state index contributed by atoms with van der Waals surface area (Å²) >= 11 is 1.30. The lowest BCUT2D eigenvalue weighted by Gasteiger charge is -2.04. The molecule has 33 heavy (non-hydrogen) atoms. The molecular formula is C22H20N4O5S2. The number of carbonyl (C=O) groups is 2. The van der Waals surface area contributed by atoms with Crippen molar-refractivity contribution in [2.24, 2.45) is 4.99 Å². The van der Waals surface area contributed by atoms with Gasteiger partial charge in [-0.25, -0.2) is 13.4 Å². The van der Waals surface area contributed by atoms with Gasteiger partial charge in [-0.15, -0.1) is 11.3 Å². The lowest BCUT2D eigenvalue weighted by atomic mass is 10.2. The summed E-state index contributed by atoms with van der Waals surface area (Å²) in [6.07, 6.45) is 0.111. The highest BCUT2D eigenvalue weighted by Crippen LogP contribution is 2.22. The van der Waals surface area contributed by atoms with E-state index in [1.165, 1.54) is 17.4 Å². The molecule has 0 saturated carbocycles. The molecule has 1 aromatic heterocycles. The number of benzene rings is 2. The van der Waals surface area contributed by atoms with Gasteiger partial charge < -0.3 is 10.1 Å². The van der Waals surface area contributed by atoms with Crippen LogP contribution in [0, 0.1) is 6.92 Å². The molecular weight excluding hydrogens is 464 g/mol. The van der Waals surface area contributed by atoms with Gasteiger partial charge in [0.25, 0.3) is 10.0 Å². The number of sulfonamides is 1. The van der Waals surface area contributed by atoms with Crippen LogP contribution in [0.1, 0.15) is 21.8 Å². The molecule has 0 bridgehead atoms. The molecule has 0 spiro atoms. The number of ether oxygens (including phenoxy) is 1. The highest BCUT2D eigenvalue weighted by Gasteiger charge is 2.30. The van der Waals surface area contributed by atoms with E-state index in [9.17, 15) is 18.0 Å². The van der Waals surface area contributed by atoms with Crippen molar-refractivity contribution in [2.45, 2.75) is 24.8 Å². The van der Waals surface area contributed by atoms with Gasteiger partial charge in [-0.2, -0.15) is 0 Å². The average molecular weight is 485 g/mol. The fraction of sp³-hybridized carbons (Fsp3) is 0.182. The van der Waals surface area contributed by atoms with Crippen LogP contribution in [0.3, 0.4) is 0 Å². The Hall–Kier alpha value is -3.57. The summed E-state index contributed by atoms with van der Waals surface area (Å²) in [6.45, 7) is 1.56. The van der Waals surface area contributed by atoms with Crippen molar-refractivity contribution in [3.8, 4) is 0 Å². The third-order valence-electron chi connectivity index (χ3n) is 4.66. The van der Waals surface area contributed by atoms with E-state index in [1.807, 2.05) is 31.2 Å². The molecule has 0 unspecified atom stereocenters. The topological polar surface area (TPSA) is 127 Å². The number of hydrogen-bond donors (Lipinski definition) is 2. The second-order valence-electron chi connectivity index (χ2n) is 7.25. The SMILES string of the molecule is Cc1ccc(NC(=O)Cc2nc(COC(=O)CN=C3NS(=O)(=O)c4ccccc43)cs2)cc1. The molecule has 1 aliphatic rings. The zero-order chi connectivity index (χ0) is 23.4. The van der Waals surface area contributed by atoms with Crippen LogP contribution in [-0.4, -0.2) is 37.7 Å². The zero-order valence-corrected chi connectivity index (χ0v) is 19.2. The Morgan fingerprint density at radius 3 is 2.70 bits per heavy atom. The summed E-state index contributed by atoms with van der Waals surface area (Å²) in [5.74, 6) is -0.706. The number of aryl methyl sites for hydroxylation is 1. The predicted octanol–water partition coefficient (Wildman–Crippen LogP) is 2.41. The third kappa shape index (κ3) is 5.62. The molecule has 2 heterocycles. The molecule has 170 valence electrons. The van der Waals surface area contributed by atoms with Crippen molar-refractivity contribution in [1.82, 2.24) is 9.71 Å². The second kappa shape index (κ2) is 9.51. The van der Waals surface area contributed by atoms with E-state index in [1.54, 1.807) is 23.6 Å². The summed E-state index contributed by atoms with van der Waals surface area (Å²) in [6, 6.07) is 13.9. The number of rotatable bonds is 7. The zero-order valence-electron chi connectivity index (χ0n) is 17.6. The lowest BCUT2D eigenvalue weighted by Crippen LogP contribution is -2.23. The van der Waals surface area contributed by atoms with Crippen molar-refractivity contribution in [2.75, 3.05) is 11.9 Å². The first kappa shape index (κ1) is 22.6. The van der Waals surface area contributed by atoms with Gasteiger partial charge in [0, 0.05) is 16.6 Å². The first-order valence-corrected chi connectivity index (χ1v) is 12.3. The van der Waals surface area contributed by atoms with Gasteiger partial charge in [0.2, 0.25) is 5.91 Å². The quantitative estimate of drug-likeness (QED) is 0.496. The molecule has 2 aromatic carbocycles. The molecule has 0 fully saturated rings. The van der Waals surface area contributed by atoms with Crippen LogP contribution >= 0.6 is 11.3 Å². The molecule has 9 nitrogen and oxygen atoms in total. The number of hydrogen-bond acceptors (Lipinski definition) is 8. The minimum absolute atomic E-state index is 0.0674. The van der Waals surface area contributed by atoms with Crippen molar-refractivity contribution in [3.05, 3.63) is 75.7 Å². The van der Waals surface area contributed by atoms with Crippen LogP contribution in [-0.2, 0) is 37.4 Å². The minimum atomic E-state index is -3.66. The van der Waals surface area contributed by atoms with Gasteiger partial charge in [0.15, 0.2) is 0 Å². The maximum Gasteiger partial charge on any atom is 0.328 e. The highest BCUT2D eigenvalue weighted by molar-refractivity contribution is 7.90. The number of carbonyl (C=O) groups excluding carboxylic acids is 2. The summed E-state index contributed by atoms with van der Waals surface area (Å²) in [7, 11) is -3.66. The molecule has 1 aliphatic heterocycles. The van der Waals surface area contributed by atoms with Crippen LogP contribution < -0.4 is 10.0 Å². The van der Waals surface area contributed by atoms with E-state index < -0.39 is 16.0 Å². The molecule has 0 aliphatic carbocycles. The van der Waals surface area contributed by atoms with Crippen LogP contribution in [0.25, 0.3) is 0 Å². The van der Waals surface area contributed by atoms with Crippen LogP contribution in [0.5, 0.6) is 0 Å². The van der Waals surface area contributed by atoms with Crippen molar-refractivity contribution < 1.29 is 22.7 Å². The minimum Gasteiger partial charge on any atom is -0.458 e. The number of amidine groups is 1. The summed E-state index contributed by atoms with van der Waals surface area (Å²) < 4.78 is 31.6. The van der Waals surface area contributed by atoms with E-state index in [0.717, 1.165) is 5.56 Å². The van der Waals surface area contributed by atoms with E-state index in [0.29, 0.717) is 22.0 Å². The van der Waals surface area contributed by atoms with E-state index in [-0.39, 0.29) is 36.2 Å². The van der Waals surface area contributed by atoms with Gasteiger partial charge in [-0.05, 0) is 31.2 Å². The summed E-state index contributed by atoms with van der Waals surface area (Å²) in [5.41, 5.74) is 2.75. The molecule has 4 rings (SSSR count). The van der Waals surface area contributed by atoms with Crippen molar-refractivity contribution in [1.29, 1.82) is 0 Å². The second-order valence-corrected chi connectivity index (χ2v) is 9.84. The van der Waals surface area contributed by atoms with Gasteiger partial charge in [0.05, 0.1) is 17.0 Å². The Morgan fingerprint density at radius 2 is 1.91 bits per heavy atom. The Kier molecular flexibility index (Phi) is 6.52. The number of aliphatic imine (C=N–C) groups is 1. The van der Waals surface area contributed by atoms with Gasteiger partial charge in [-0.3, -0.25) is 19.3 Å². The van der Waals surface area contributed by atoms with E-state index in [4.69, 9.17) is 4.74 Å². The number of esters is 1. The van der Waals surface area contributed by atoms with Crippen LogP contribution in [0.15, 0.2) is 63.8 Å². The normalized spacial score (nSPS) is 15.0. The monoisotopic (exact) mass is 484 g/mol. The molecule has 11 heteroatoms. The first-order valence-electron chi connectivity index (χ1n) is 9.92. The van der Waals surface area contributed by atoms with E-state index in [2.05, 4.69) is 20.0 Å². The van der Waals surface area contributed by atoms with E-state index >= 15 is 0 Å². The molecule has 0 atom stereocenters. The Balaban J connectivity index is 1.27. The number of nitrogens with one attached hydrogen (secondary N) is 2. The van der Waals surface area contributed by atoms with Crippen molar-refractivity contribution >= 4 is 44.8 Å². The molecule has 3 aromatic rings. The average Bonchev–Trinajstić information content (AvgIpc) is 3.34. The molecule has 1 amide bonds. The summed E-state index contributed by atoms with van der Waals surface area (Å²) in [4.78, 5) is 32.7. The maximum absolute atomic E-state index is 12.2. The predicted molar refractivity (Wildman–Crippen MR) is 124 cm³/mol. The fourth-order valence-corrected chi connectivity index (χ4v) is 5.10. The third-order valence-corrected chi connectivity index (χ3v) is 6.95. The Labute approximate surface area is 194 Å². The Bertz CT molecular complexity index is 1330. The van der Waals surface area contributed by atoms with Crippen LogP contribution in [0.4, 0.5) is 5.69 Å². The van der Waals surface area contributed by atoms with Gasteiger partial charge in [0.1, 0.15) is 24.0 Å². The standard InChI is InChI=1S/C22H20N4O5S2/c1-14-6-8-15(9-7-14)24-19(27)10-20-25-16(13-32-20)12-31-21(28)11-23-22-17-4-2-3-5-18(17)33(29,30)26-22/h2-9,13H,10-12H2,1H3,(H,23,26)(H,24,27). The fourth-order valence-electron chi connectivity index (χ4n) is 3.07. The molecule has 0 saturated heterocycles. The summed E-state index contributed by atoms with van der Waals surface area (Å²) in [5, 5.41) is 5.13. The smallest absolute Gasteiger partial charge is 0.328 e. The largest absolute Gasteiger partial charge is 0.458 e. The number of amides is 1. The molecule has 2 N–H and O–H groups in total. The highest BCUT2D eigenvalue weighted by atomic mass is 32.2. The number of aromatic nitrogens is 1. The van der Waals surface area contributed by atoms with Gasteiger partial charge in [-0.1, -0.05) is 29.8 Å². The number of thiazole rings is 1. The first-order chi connectivity index (χ1) is 15.8. The van der Waals surface area contributed by atoms with Crippen molar-refractivity contribution in [3.63, 3.8) is 0 Å². The lowest BCUT2D eigenvalue weighted by molar-refractivity contribution is -0.143. The van der Waals surface area contributed by atoms with Crippen LogP contribution in [0.2, 0.25) is 0 Å². The molecule has 0 radical (unpaired) electrons. The number of fused-ring (bicyclic) bond motifs is 1. The number of anilines is 1. The van der Waals surface area contributed by atoms with Gasteiger partial charge >= 0.3 is 5.97 Å². The maximum atomic E-state index is 12.2. The number of nitrogens with zero attached hydrogens (tertiary/aromatic N) is 2. The Morgan fingerprint density at radius 1 is 1.15 bits per heavy atom.